The molecule has 1 N–H and O–H groups in total. The summed E-state index contributed by atoms with van der Waals surface area (Å²) in [5, 5.41) is 13.9. The minimum Gasteiger partial charge on any atom is -0.392 e. The maximum Gasteiger partial charge on any atom is 0.271 e. The first-order valence-electron chi connectivity index (χ1n) is 5.51. The number of aliphatic hydroxyl groups excluding tert-OH is 1. The number of rotatable bonds is 2. The highest BCUT2D eigenvalue weighted by atomic mass is 35.5. The van der Waals surface area contributed by atoms with Crippen molar-refractivity contribution >= 4 is 11.6 Å². The second-order valence-electron chi connectivity index (χ2n) is 4.05. The van der Waals surface area contributed by atoms with Crippen molar-refractivity contribution in [1.29, 1.82) is 0 Å². The number of hydrogen-bond acceptors (Lipinski definition) is 3. The Morgan fingerprint density at radius 2 is 2.11 bits per heavy atom. The molecule has 2 aromatic rings. The Morgan fingerprint density at radius 3 is 2.78 bits per heavy atom. The summed E-state index contributed by atoms with van der Waals surface area (Å²) in [6.45, 7) is 3.39. The lowest BCUT2D eigenvalue weighted by molar-refractivity contribution is 0.279. The van der Waals surface area contributed by atoms with Crippen molar-refractivity contribution < 1.29 is 5.11 Å². The molecule has 0 radical (unpaired) electrons. The van der Waals surface area contributed by atoms with E-state index in [2.05, 4.69) is 5.10 Å². The topological polar surface area (TPSA) is 55.1 Å². The SMILES string of the molecule is Cc1nn(-c2cccc(Cl)c2C)c(=O)cc1CO. The van der Waals surface area contributed by atoms with Gasteiger partial charge in [-0.15, -0.1) is 0 Å². The Kier molecular flexibility index (Phi) is 3.50. The van der Waals surface area contributed by atoms with Crippen molar-refractivity contribution in [3.63, 3.8) is 0 Å². The molecule has 4 nitrogen and oxygen atoms in total. The standard InChI is InChI=1S/C13H13ClN2O2/c1-8-11(14)4-3-5-12(8)16-13(18)6-10(7-17)9(2)15-16/h3-6,17H,7H2,1-2H3. The van der Waals surface area contributed by atoms with Gasteiger partial charge in [0.25, 0.3) is 5.56 Å². The normalized spacial score (nSPS) is 10.7. The molecule has 0 atom stereocenters. The lowest BCUT2D eigenvalue weighted by Gasteiger charge is -2.11. The molecule has 2 rings (SSSR count). The third-order valence-electron chi connectivity index (χ3n) is 2.86. The highest BCUT2D eigenvalue weighted by molar-refractivity contribution is 6.31. The van der Waals surface area contributed by atoms with Gasteiger partial charge in [-0.3, -0.25) is 4.79 Å². The molecule has 1 aromatic heterocycles. The van der Waals surface area contributed by atoms with Gasteiger partial charge in [0.05, 0.1) is 18.0 Å². The Morgan fingerprint density at radius 1 is 1.39 bits per heavy atom. The van der Waals surface area contributed by atoms with Crippen molar-refractivity contribution in [3.05, 3.63) is 56.5 Å². The fourth-order valence-electron chi connectivity index (χ4n) is 1.74. The molecule has 5 heteroatoms. The zero-order valence-electron chi connectivity index (χ0n) is 10.1. The maximum atomic E-state index is 12.0. The van der Waals surface area contributed by atoms with Gasteiger partial charge in [0.1, 0.15) is 0 Å². The third kappa shape index (κ3) is 2.17. The quantitative estimate of drug-likeness (QED) is 0.903. The van der Waals surface area contributed by atoms with Gasteiger partial charge in [0, 0.05) is 16.7 Å². The number of nitrogens with zero attached hydrogens (tertiary/aromatic N) is 2. The predicted molar refractivity (Wildman–Crippen MR) is 70.2 cm³/mol. The van der Waals surface area contributed by atoms with Crippen LogP contribution in [0.25, 0.3) is 5.69 Å². The number of aryl methyl sites for hydroxylation is 1. The van der Waals surface area contributed by atoms with Crippen LogP contribution in [0.1, 0.15) is 16.8 Å². The molecule has 0 bridgehead atoms. The molecule has 0 amide bonds. The number of halogens is 1. The van der Waals surface area contributed by atoms with Gasteiger partial charge in [-0.2, -0.15) is 9.78 Å². The number of aliphatic hydroxyl groups is 1. The summed E-state index contributed by atoms with van der Waals surface area (Å²) in [7, 11) is 0. The monoisotopic (exact) mass is 264 g/mol. The lowest BCUT2D eigenvalue weighted by atomic mass is 10.2. The smallest absolute Gasteiger partial charge is 0.271 e. The van der Waals surface area contributed by atoms with Gasteiger partial charge in [-0.25, -0.2) is 0 Å². The lowest BCUT2D eigenvalue weighted by Crippen LogP contribution is -2.23. The molecular weight excluding hydrogens is 252 g/mol. The van der Waals surface area contributed by atoms with Gasteiger partial charge in [-0.1, -0.05) is 17.7 Å². The zero-order chi connectivity index (χ0) is 13.3. The second kappa shape index (κ2) is 4.92. The minimum absolute atomic E-state index is 0.191. The van der Waals surface area contributed by atoms with Crippen molar-refractivity contribution in [2.24, 2.45) is 0 Å². The van der Waals surface area contributed by atoms with Crippen LogP contribution in [-0.4, -0.2) is 14.9 Å². The van der Waals surface area contributed by atoms with E-state index in [0.717, 1.165) is 5.56 Å². The summed E-state index contributed by atoms with van der Waals surface area (Å²) in [6, 6.07) is 6.71. The number of aromatic nitrogens is 2. The first kappa shape index (κ1) is 12.8. The molecular formula is C13H13ClN2O2. The fraction of sp³-hybridized carbons (Fsp3) is 0.231. The van der Waals surface area contributed by atoms with Crippen molar-refractivity contribution in [1.82, 2.24) is 9.78 Å². The fourth-order valence-corrected chi connectivity index (χ4v) is 1.91. The van der Waals surface area contributed by atoms with E-state index >= 15 is 0 Å². The largest absolute Gasteiger partial charge is 0.392 e. The van der Waals surface area contributed by atoms with Crippen LogP contribution in [0, 0.1) is 13.8 Å². The van der Waals surface area contributed by atoms with Crippen LogP contribution in [0.15, 0.2) is 29.1 Å². The van der Waals surface area contributed by atoms with Crippen molar-refractivity contribution in [3.8, 4) is 5.69 Å². The average Bonchev–Trinajstić information content (AvgIpc) is 2.35. The summed E-state index contributed by atoms with van der Waals surface area (Å²) in [5.41, 5.74) is 2.33. The van der Waals surface area contributed by atoms with E-state index in [9.17, 15) is 4.79 Å². The van der Waals surface area contributed by atoms with Gasteiger partial charge in [-0.05, 0) is 31.5 Å². The molecule has 0 aliphatic rings. The molecule has 0 aliphatic heterocycles. The first-order chi connectivity index (χ1) is 8.54. The van der Waals surface area contributed by atoms with Gasteiger partial charge in [0.2, 0.25) is 0 Å². The Labute approximate surface area is 109 Å². The highest BCUT2D eigenvalue weighted by Crippen LogP contribution is 2.20. The van der Waals surface area contributed by atoms with E-state index in [1.807, 2.05) is 6.92 Å². The van der Waals surface area contributed by atoms with E-state index < -0.39 is 0 Å². The number of benzene rings is 1. The zero-order valence-corrected chi connectivity index (χ0v) is 10.9. The molecule has 0 spiro atoms. The summed E-state index contributed by atoms with van der Waals surface area (Å²) in [4.78, 5) is 12.0. The van der Waals surface area contributed by atoms with Crippen LogP contribution in [-0.2, 0) is 6.61 Å². The van der Waals surface area contributed by atoms with E-state index in [-0.39, 0.29) is 12.2 Å². The first-order valence-corrected chi connectivity index (χ1v) is 5.88. The van der Waals surface area contributed by atoms with E-state index in [0.29, 0.717) is 22.0 Å². The van der Waals surface area contributed by atoms with E-state index in [1.54, 1.807) is 25.1 Å². The molecule has 0 unspecified atom stereocenters. The summed E-state index contributed by atoms with van der Waals surface area (Å²) in [6.07, 6.45) is 0. The molecule has 0 saturated carbocycles. The molecule has 0 fully saturated rings. The van der Waals surface area contributed by atoms with Crippen LogP contribution in [0.4, 0.5) is 0 Å². The van der Waals surface area contributed by atoms with Crippen LogP contribution < -0.4 is 5.56 Å². The van der Waals surface area contributed by atoms with Gasteiger partial charge < -0.3 is 5.11 Å². The molecule has 1 heterocycles. The molecule has 1 aromatic carbocycles. The van der Waals surface area contributed by atoms with Crippen LogP contribution in [0.3, 0.4) is 0 Å². The van der Waals surface area contributed by atoms with Crippen molar-refractivity contribution in [2.75, 3.05) is 0 Å². The molecule has 0 aliphatic carbocycles. The minimum atomic E-state index is -0.282. The van der Waals surface area contributed by atoms with Gasteiger partial charge >= 0.3 is 0 Å². The van der Waals surface area contributed by atoms with E-state index in [1.165, 1.54) is 10.7 Å². The Balaban J connectivity index is 2.69. The van der Waals surface area contributed by atoms with Crippen molar-refractivity contribution in [2.45, 2.75) is 20.5 Å². The summed E-state index contributed by atoms with van der Waals surface area (Å²) < 4.78 is 1.30. The summed E-state index contributed by atoms with van der Waals surface area (Å²) in [5.74, 6) is 0. The van der Waals surface area contributed by atoms with Crippen LogP contribution >= 0.6 is 11.6 Å². The highest BCUT2D eigenvalue weighted by Gasteiger charge is 2.09. The second-order valence-corrected chi connectivity index (χ2v) is 4.45. The predicted octanol–water partition coefficient (Wildman–Crippen LogP) is 2.00. The Bertz CT molecular complexity index is 650. The average molecular weight is 265 g/mol. The molecule has 18 heavy (non-hydrogen) atoms. The van der Waals surface area contributed by atoms with Crippen LogP contribution in [0.5, 0.6) is 0 Å². The number of hydrogen-bond donors (Lipinski definition) is 1. The molecule has 94 valence electrons. The Hall–Kier alpha value is -1.65. The summed E-state index contributed by atoms with van der Waals surface area (Å²) >= 11 is 6.03. The van der Waals surface area contributed by atoms with Crippen LogP contribution in [0.2, 0.25) is 5.02 Å². The third-order valence-corrected chi connectivity index (χ3v) is 3.27. The van der Waals surface area contributed by atoms with E-state index in [4.69, 9.17) is 16.7 Å². The molecule has 0 saturated heterocycles. The van der Waals surface area contributed by atoms with Gasteiger partial charge in [0.15, 0.2) is 0 Å². The maximum absolute atomic E-state index is 12.0.